The number of anilines is 1. The van der Waals surface area contributed by atoms with Gasteiger partial charge >= 0.3 is 5.69 Å². The number of rotatable bonds is 4. The minimum absolute atomic E-state index is 0.0497. The minimum Gasteiger partial charge on any atom is -0.394 e. The molecule has 2 rings (SSSR count). The van der Waals surface area contributed by atoms with Crippen molar-refractivity contribution in [3.8, 4) is 0 Å². The highest BCUT2D eigenvalue weighted by atomic mass is 33.1. The average molecular weight is 289 g/mol. The van der Waals surface area contributed by atoms with Crippen LogP contribution in [0.4, 0.5) is 5.82 Å². The quantitative estimate of drug-likeness (QED) is 0.779. The fourth-order valence-electron chi connectivity index (χ4n) is 1.91. The fraction of sp³-hybridized carbons (Fsp3) is 0.600. The van der Waals surface area contributed by atoms with E-state index in [-0.39, 0.29) is 30.0 Å². The van der Waals surface area contributed by atoms with Gasteiger partial charge in [0.25, 0.3) is 0 Å². The maximum absolute atomic E-state index is 11.7. The summed E-state index contributed by atoms with van der Waals surface area (Å²) in [6.45, 7) is -0.0497. The van der Waals surface area contributed by atoms with E-state index in [1.54, 1.807) is 33.9 Å². The number of hydrogen-bond acceptors (Lipinski definition) is 7. The molecule has 1 fully saturated rings. The molecule has 3 unspecified atom stereocenters. The lowest BCUT2D eigenvalue weighted by Gasteiger charge is -2.14. The monoisotopic (exact) mass is 289 g/mol. The summed E-state index contributed by atoms with van der Waals surface area (Å²) in [6.07, 6.45) is 3.59. The lowest BCUT2D eigenvalue weighted by Crippen LogP contribution is -2.27. The summed E-state index contributed by atoms with van der Waals surface area (Å²) in [4.78, 5) is 15.4. The van der Waals surface area contributed by atoms with Gasteiger partial charge in [-0.1, -0.05) is 21.6 Å². The molecular formula is C10H15N3O3S2. The van der Waals surface area contributed by atoms with Crippen molar-refractivity contribution >= 4 is 27.4 Å². The van der Waals surface area contributed by atoms with Crippen molar-refractivity contribution in [2.75, 3.05) is 18.6 Å². The molecule has 2 heterocycles. The number of aliphatic hydroxyl groups is 1. The second-order valence-electron chi connectivity index (χ2n) is 3.89. The Morgan fingerprint density at radius 2 is 2.50 bits per heavy atom. The Morgan fingerprint density at radius 3 is 3.11 bits per heavy atom. The number of nitrogens with zero attached hydrogens (tertiary/aromatic N) is 2. The summed E-state index contributed by atoms with van der Waals surface area (Å²) >= 11 is 0. The molecular weight excluding hydrogens is 274 g/mol. The summed E-state index contributed by atoms with van der Waals surface area (Å²) in [7, 11) is 3.27. The van der Waals surface area contributed by atoms with Crippen LogP contribution in [0.15, 0.2) is 17.1 Å². The Kier molecular flexibility index (Phi) is 4.55. The molecule has 0 saturated carbocycles. The van der Waals surface area contributed by atoms with Crippen molar-refractivity contribution in [2.45, 2.75) is 24.0 Å². The lowest BCUT2D eigenvalue weighted by atomic mass is 10.2. The van der Waals surface area contributed by atoms with Crippen LogP contribution in [-0.4, -0.2) is 38.9 Å². The van der Waals surface area contributed by atoms with E-state index in [4.69, 9.17) is 10.5 Å². The Hall–Kier alpha value is -0.700. The number of aliphatic hydroxyl groups excluding tert-OH is 1. The molecule has 0 aliphatic carbocycles. The van der Waals surface area contributed by atoms with Crippen molar-refractivity contribution < 1.29 is 9.84 Å². The van der Waals surface area contributed by atoms with Gasteiger partial charge in [0.05, 0.1) is 12.7 Å². The largest absolute Gasteiger partial charge is 0.394 e. The summed E-state index contributed by atoms with van der Waals surface area (Å²) in [5.74, 6) is 0.197. The highest BCUT2D eigenvalue weighted by Gasteiger charge is 2.36. The third-order valence-electron chi connectivity index (χ3n) is 2.74. The summed E-state index contributed by atoms with van der Waals surface area (Å²) in [5.41, 5.74) is 5.02. The molecule has 6 nitrogen and oxygen atoms in total. The van der Waals surface area contributed by atoms with E-state index in [9.17, 15) is 9.90 Å². The maximum Gasteiger partial charge on any atom is 0.351 e. The van der Waals surface area contributed by atoms with E-state index in [1.807, 2.05) is 6.26 Å². The number of aromatic nitrogens is 2. The summed E-state index contributed by atoms with van der Waals surface area (Å²) in [6, 6.07) is 1.56. The molecule has 100 valence electrons. The van der Waals surface area contributed by atoms with E-state index in [0.29, 0.717) is 6.42 Å². The van der Waals surface area contributed by atoms with E-state index in [0.717, 1.165) is 0 Å². The second-order valence-corrected chi connectivity index (χ2v) is 6.60. The van der Waals surface area contributed by atoms with Crippen LogP contribution in [0.1, 0.15) is 12.6 Å². The fourth-order valence-corrected chi connectivity index (χ4v) is 4.02. The van der Waals surface area contributed by atoms with Gasteiger partial charge in [-0.25, -0.2) is 4.79 Å². The zero-order chi connectivity index (χ0) is 13.1. The van der Waals surface area contributed by atoms with Crippen molar-refractivity contribution in [3.63, 3.8) is 0 Å². The van der Waals surface area contributed by atoms with Gasteiger partial charge in [-0.15, -0.1) is 0 Å². The van der Waals surface area contributed by atoms with Gasteiger partial charge in [0, 0.05) is 17.9 Å². The van der Waals surface area contributed by atoms with E-state index in [2.05, 4.69) is 4.98 Å². The summed E-state index contributed by atoms with van der Waals surface area (Å²) in [5, 5.41) is 9.44. The zero-order valence-corrected chi connectivity index (χ0v) is 11.5. The molecule has 1 saturated heterocycles. The topological polar surface area (TPSA) is 90.4 Å². The van der Waals surface area contributed by atoms with Crippen molar-refractivity contribution in [1.29, 1.82) is 0 Å². The first-order chi connectivity index (χ1) is 8.65. The Labute approximate surface area is 112 Å². The van der Waals surface area contributed by atoms with Crippen molar-refractivity contribution in [3.05, 3.63) is 22.7 Å². The lowest BCUT2D eigenvalue weighted by molar-refractivity contribution is -0.0236. The number of nitrogens with two attached hydrogens (primary N) is 1. The van der Waals surface area contributed by atoms with Crippen LogP contribution < -0.4 is 11.4 Å². The zero-order valence-electron chi connectivity index (χ0n) is 9.85. The highest BCUT2D eigenvalue weighted by Crippen LogP contribution is 2.39. The maximum atomic E-state index is 11.7. The van der Waals surface area contributed by atoms with E-state index in [1.165, 1.54) is 4.57 Å². The molecule has 1 aromatic rings. The summed E-state index contributed by atoms with van der Waals surface area (Å²) < 4.78 is 7.10. The van der Waals surface area contributed by atoms with Gasteiger partial charge < -0.3 is 15.6 Å². The SMILES string of the molecule is CSSC1CC(n2ccc(N)nc2=O)OC1CO. The Bertz CT molecular complexity index is 468. The second kappa shape index (κ2) is 5.96. The highest BCUT2D eigenvalue weighted by molar-refractivity contribution is 8.76. The van der Waals surface area contributed by atoms with Crippen LogP contribution in [-0.2, 0) is 4.74 Å². The normalized spacial score (nSPS) is 27.6. The predicted molar refractivity (Wildman–Crippen MR) is 73.4 cm³/mol. The molecule has 8 heteroatoms. The molecule has 1 aromatic heterocycles. The van der Waals surface area contributed by atoms with Gasteiger partial charge in [-0.05, 0) is 12.3 Å². The minimum atomic E-state index is -0.425. The molecule has 3 atom stereocenters. The van der Waals surface area contributed by atoms with Crippen LogP contribution in [0.5, 0.6) is 0 Å². The molecule has 18 heavy (non-hydrogen) atoms. The van der Waals surface area contributed by atoms with Crippen LogP contribution in [0.25, 0.3) is 0 Å². The van der Waals surface area contributed by atoms with E-state index >= 15 is 0 Å². The molecule has 0 radical (unpaired) electrons. The Balaban J connectivity index is 2.18. The van der Waals surface area contributed by atoms with Gasteiger partial charge in [-0.2, -0.15) is 4.98 Å². The van der Waals surface area contributed by atoms with Gasteiger partial charge in [0.15, 0.2) is 0 Å². The average Bonchev–Trinajstić information content (AvgIpc) is 2.72. The molecule has 0 spiro atoms. The van der Waals surface area contributed by atoms with Crippen LogP contribution >= 0.6 is 21.6 Å². The first-order valence-corrected chi connectivity index (χ1v) is 8.08. The predicted octanol–water partition coefficient (Wildman–Crippen LogP) is 0.485. The van der Waals surface area contributed by atoms with Crippen LogP contribution in [0, 0.1) is 0 Å². The first-order valence-electron chi connectivity index (χ1n) is 5.46. The van der Waals surface area contributed by atoms with Gasteiger partial charge in [0.2, 0.25) is 0 Å². The number of nitrogen functional groups attached to an aromatic ring is 1. The number of ether oxygens (including phenoxy) is 1. The number of hydrogen-bond donors (Lipinski definition) is 2. The van der Waals surface area contributed by atoms with Crippen LogP contribution in [0.3, 0.4) is 0 Å². The van der Waals surface area contributed by atoms with Crippen LogP contribution in [0.2, 0.25) is 0 Å². The molecule has 0 aromatic carbocycles. The molecule has 1 aliphatic rings. The molecule has 3 N–H and O–H groups in total. The Morgan fingerprint density at radius 1 is 1.72 bits per heavy atom. The van der Waals surface area contributed by atoms with Crippen molar-refractivity contribution in [2.24, 2.45) is 0 Å². The third kappa shape index (κ3) is 2.82. The smallest absolute Gasteiger partial charge is 0.351 e. The van der Waals surface area contributed by atoms with Gasteiger partial charge in [-0.3, -0.25) is 4.57 Å². The molecule has 0 amide bonds. The van der Waals surface area contributed by atoms with E-state index < -0.39 is 5.69 Å². The molecule has 0 bridgehead atoms. The standard InChI is InChI=1S/C10H15N3O3S2/c1-17-18-7-4-9(16-6(7)5-14)13-3-2-8(11)12-10(13)15/h2-3,6-7,9,14H,4-5H2,1H3,(H2,11,12,15). The third-order valence-corrected chi connectivity index (χ3v) is 5.00. The first kappa shape index (κ1) is 13.7. The van der Waals surface area contributed by atoms with Crippen molar-refractivity contribution in [1.82, 2.24) is 9.55 Å². The van der Waals surface area contributed by atoms with Gasteiger partial charge in [0.1, 0.15) is 12.0 Å². The molecule has 1 aliphatic heterocycles.